The van der Waals surface area contributed by atoms with Gasteiger partial charge in [0, 0.05) is 25.0 Å². The number of hydrogen-bond acceptors (Lipinski definition) is 3. The molecule has 2 heterocycles. The molecular weight excluding hydrogens is 180 g/mol. The minimum absolute atomic E-state index is 0.188. The monoisotopic (exact) mass is 194 g/mol. The Bertz CT molecular complexity index is 333. The molecule has 1 atom stereocenters. The second-order valence-electron chi connectivity index (χ2n) is 3.27. The molecule has 76 valence electrons. The van der Waals surface area contributed by atoms with Gasteiger partial charge < -0.3 is 9.30 Å². The quantitative estimate of drug-likeness (QED) is 0.705. The van der Waals surface area contributed by atoms with E-state index in [1.807, 2.05) is 25.3 Å². The minimum atomic E-state index is -0.293. The number of ether oxygens (including phenoxy) is 1. The van der Waals surface area contributed by atoms with E-state index in [2.05, 4.69) is 9.88 Å². The van der Waals surface area contributed by atoms with Crippen LogP contribution in [-0.4, -0.2) is 23.7 Å². The molecule has 0 saturated carbocycles. The molecule has 1 aromatic heterocycles. The Kier molecular flexibility index (Phi) is 2.54. The third-order valence-corrected chi connectivity index (χ3v) is 2.38. The minimum Gasteiger partial charge on any atom is -0.465 e. The molecule has 0 spiro atoms. The van der Waals surface area contributed by atoms with E-state index in [4.69, 9.17) is 4.74 Å². The third kappa shape index (κ3) is 1.53. The van der Waals surface area contributed by atoms with Crippen LogP contribution in [0.15, 0.2) is 18.3 Å². The first-order valence-electron chi connectivity index (χ1n) is 4.88. The van der Waals surface area contributed by atoms with Gasteiger partial charge >= 0.3 is 5.97 Å². The zero-order chi connectivity index (χ0) is 9.97. The molecule has 1 aromatic rings. The maximum absolute atomic E-state index is 11.6. The first-order chi connectivity index (χ1) is 6.83. The Labute approximate surface area is 82.9 Å². The predicted octanol–water partition coefficient (Wildman–Crippen LogP) is 0.695. The van der Waals surface area contributed by atoms with E-state index in [1.165, 1.54) is 0 Å². The molecule has 0 bridgehead atoms. The predicted molar refractivity (Wildman–Crippen MR) is 51.8 cm³/mol. The van der Waals surface area contributed by atoms with Gasteiger partial charge in [-0.1, -0.05) is 0 Å². The number of nitrogens with one attached hydrogen (secondary N) is 1. The number of rotatable bonds is 2. The fraction of sp³-hybridized carbons (Fsp3) is 0.500. The van der Waals surface area contributed by atoms with Crippen molar-refractivity contribution >= 4 is 5.97 Å². The van der Waals surface area contributed by atoms with Crippen LogP contribution in [0.25, 0.3) is 0 Å². The molecule has 0 amide bonds. The summed E-state index contributed by atoms with van der Waals surface area (Å²) in [6.07, 6.45) is 1.99. The lowest BCUT2D eigenvalue weighted by Gasteiger charge is -2.24. The largest absolute Gasteiger partial charge is 0.465 e. The van der Waals surface area contributed by atoms with Crippen LogP contribution in [0.2, 0.25) is 0 Å². The molecule has 4 nitrogen and oxygen atoms in total. The van der Waals surface area contributed by atoms with Gasteiger partial charge in [-0.05, 0) is 19.1 Å². The summed E-state index contributed by atoms with van der Waals surface area (Å²) in [6.45, 7) is 3.97. The molecule has 1 aliphatic heterocycles. The molecule has 0 fully saturated rings. The van der Waals surface area contributed by atoms with Gasteiger partial charge in [0.05, 0.1) is 6.61 Å². The highest BCUT2D eigenvalue weighted by molar-refractivity contribution is 5.77. The van der Waals surface area contributed by atoms with Crippen molar-refractivity contribution in [1.29, 1.82) is 0 Å². The van der Waals surface area contributed by atoms with Gasteiger partial charge in [0.15, 0.2) is 0 Å². The lowest BCUT2D eigenvalue weighted by Crippen LogP contribution is -2.38. The summed E-state index contributed by atoms with van der Waals surface area (Å²) in [6, 6.07) is 3.61. The van der Waals surface area contributed by atoms with E-state index in [0.29, 0.717) is 6.61 Å². The average molecular weight is 194 g/mol. The normalized spacial score (nSPS) is 20.2. The highest BCUT2D eigenvalue weighted by Crippen LogP contribution is 2.18. The van der Waals surface area contributed by atoms with Crippen molar-refractivity contribution in [1.82, 2.24) is 9.88 Å². The lowest BCUT2D eigenvalue weighted by atomic mass is 10.2. The van der Waals surface area contributed by atoms with E-state index in [0.717, 1.165) is 18.8 Å². The smallest absolute Gasteiger partial charge is 0.329 e. The van der Waals surface area contributed by atoms with Gasteiger partial charge in [-0.25, -0.2) is 4.79 Å². The topological polar surface area (TPSA) is 43.3 Å². The van der Waals surface area contributed by atoms with Crippen molar-refractivity contribution in [2.75, 3.05) is 13.2 Å². The van der Waals surface area contributed by atoms with Crippen LogP contribution in [0, 0.1) is 0 Å². The first kappa shape index (κ1) is 9.27. The summed E-state index contributed by atoms with van der Waals surface area (Å²) < 4.78 is 7.07. The van der Waals surface area contributed by atoms with Crippen LogP contribution >= 0.6 is 0 Å². The number of fused-ring (bicyclic) bond motifs is 1. The molecule has 14 heavy (non-hydrogen) atoms. The van der Waals surface area contributed by atoms with E-state index in [9.17, 15) is 4.79 Å². The van der Waals surface area contributed by atoms with Crippen LogP contribution in [0.4, 0.5) is 0 Å². The fourth-order valence-corrected chi connectivity index (χ4v) is 1.76. The van der Waals surface area contributed by atoms with E-state index in [1.54, 1.807) is 0 Å². The Morgan fingerprint density at radius 2 is 2.64 bits per heavy atom. The van der Waals surface area contributed by atoms with Gasteiger partial charge in [0.1, 0.15) is 6.04 Å². The van der Waals surface area contributed by atoms with Gasteiger partial charge in [0.25, 0.3) is 0 Å². The highest BCUT2D eigenvalue weighted by Gasteiger charge is 2.26. The van der Waals surface area contributed by atoms with Crippen molar-refractivity contribution in [3.05, 3.63) is 24.0 Å². The molecule has 1 N–H and O–H groups in total. The van der Waals surface area contributed by atoms with Crippen molar-refractivity contribution < 1.29 is 9.53 Å². The van der Waals surface area contributed by atoms with E-state index < -0.39 is 0 Å². The molecule has 0 radical (unpaired) electrons. The fourth-order valence-electron chi connectivity index (χ4n) is 1.76. The van der Waals surface area contributed by atoms with Crippen molar-refractivity contribution in [2.24, 2.45) is 0 Å². The standard InChI is InChI=1S/C10H14N2O2/c1-2-14-10(13)9-8-4-3-6-12(8)7-5-11-9/h3-4,6,9,11H,2,5,7H2,1H3/t9-/m1/s1. The van der Waals surface area contributed by atoms with Crippen LogP contribution < -0.4 is 5.32 Å². The van der Waals surface area contributed by atoms with Gasteiger partial charge in [-0.15, -0.1) is 0 Å². The van der Waals surface area contributed by atoms with Crippen LogP contribution in [0.1, 0.15) is 18.7 Å². The number of esters is 1. The summed E-state index contributed by atoms with van der Waals surface area (Å²) in [5.74, 6) is -0.188. The first-order valence-corrected chi connectivity index (χ1v) is 4.88. The Morgan fingerprint density at radius 1 is 1.79 bits per heavy atom. The second-order valence-corrected chi connectivity index (χ2v) is 3.27. The van der Waals surface area contributed by atoms with E-state index in [-0.39, 0.29) is 12.0 Å². The van der Waals surface area contributed by atoms with Crippen molar-refractivity contribution in [3.63, 3.8) is 0 Å². The third-order valence-electron chi connectivity index (χ3n) is 2.38. The number of nitrogens with zero attached hydrogens (tertiary/aromatic N) is 1. The van der Waals surface area contributed by atoms with Gasteiger partial charge in [0.2, 0.25) is 0 Å². The number of hydrogen-bond donors (Lipinski definition) is 1. The summed E-state index contributed by atoms with van der Waals surface area (Å²) in [7, 11) is 0. The Hall–Kier alpha value is -1.29. The lowest BCUT2D eigenvalue weighted by molar-refractivity contribution is -0.146. The molecular formula is C10H14N2O2. The molecule has 2 rings (SSSR count). The summed E-state index contributed by atoms with van der Waals surface area (Å²) in [5.41, 5.74) is 0.995. The summed E-state index contributed by atoms with van der Waals surface area (Å²) >= 11 is 0. The highest BCUT2D eigenvalue weighted by atomic mass is 16.5. The van der Waals surface area contributed by atoms with Crippen LogP contribution in [0.3, 0.4) is 0 Å². The molecule has 4 heteroatoms. The Balaban J connectivity index is 2.19. The molecule has 0 aromatic carbocycles. The molecule has 0 saturated heterocycles. The number of carbonyl (C=O) groups is 1. The zero-order valence-corrected chi connectivity index (χ0v) is 8.19. The maximum Gasteiger partial charge on any atom is 0.329 e. The number of carbonyl (C=O) groups excluding carboxylic acids is 1. The van der Waals surface area contributed by atoms with E-state index >= 15 is 0 Å². The zero-order valence-electron chi connectivity index (χ0n) is 8.19. The average Bonchev–Trinajstić information content (AvgIpc) is 2.65. The van der Waals surface area contributed by atoms with Gasteiger partial charge in [-0.2, -0.15) is 0 Å². The molecule has 1 aliphatic rings. The van der Waals surface area contributed by atoms with Crippen LogP contribution in [-0.2, 0) is 16.1 Å². The summed E-state index contributed by atoms with van der Waals surface area (Å²) in [5, 5.41) is 3.15. The van der Waals surface area contributed by atoms with Crippen molar-refractivity contribution in [2.45, 2.75) is 19.5 Å². The Morgan fingerprint density at radius 3 is 3.43 bits per heavy atom. The maximum atomic E-state index is 11.6. The number of aromatic nitrogens is 1. The summed E-state index contributed by atoms with van der Waals surface area (Å²) in [4.78, 5) is 11.6. The van der Waals surface area contributed by atoms with Crippen LogP contribution in [0.5, 0.6) is 0 Å². The van der Waals surface area contributed by atoms with Gasteiger partial charge in [-0.3, -0.25) is 5.32 Å². The SMILES string of the molecule is CCOC(=O)[C@@H]1NCCn2cccc21. The van der Waals surface area contributed by atoms with Crippen molar-refractivity contribution in [3.8, 4) is 0 Å². The second kappa shape index (κ2) is 3.84. The molecule has 0 unspecified atom stereocenters. The molecule has 0 aliphatic carbocycles.